The summed E-state index contributed by atoms with van der Waals surface area (Å²) < 4.78 is 1.89. The lowest BCUT2D eigenvalue weighted by Gasteiger charge is -2.05. The van der Waals surface area contributed by atoms with Crippen LogP contribution in [0.1, 0.15) is 5.82 Å². The molecule has 0 saturated heterocycles. The standard InChI is InChI=1S/C11H10ClN7/c12-7-5-8(16-11(13)15-7)14-6-10-18-17-9-3-1-2-4-19(9)10/h1-5H,6H2,(H3,13,14,15,16). The summed E-state index contributed by atoms with van der Waals surface area (Å²) in [4.78, 5) is 7.82. The van der Waals surface area contributed by atoms with Gasteiger partial charge in [-0.1, -0.05) is 17.7 Å². The van der Waals surface area contributed by atoms with Crippen LogP contribution in [0.2, 0.25) is 5.15 Å². The molecule has 3 aromatic rings. The van der Waals surface area contributed by atoms with E-state index in [0.29, 0.717) is 17.5 Å². The summed E-state index contributed by atoms with van der Waals surface area (Å²) in [5.41, 5.74) is 6.31. The Labute approximate surface area is 113 Å². The molecule has 3 N–H and O–H groups in total. The average molecular weight is 276 g/mol. The number of pyridine rings is 1. The third-order valence-electron chi connectivity index (χ3n) is 2.52. The van der Waals surface area contributed by atoms with Crippen molar-refractivity contribution < 1.29 is 0 Å². The van der Waals surface area contributed by atoms with Gasteiger partial charge in [0.05, 0.1) is 6.54 Å². The first-order valence-corrected chi connectivity index (χ1v) is 5.93. The molecule has 96 valence electrons. The minimum absolute atomic E-state index is 0.126. The Morgan fingerprint density at radius 3 is 3.00 bits per heavy atom. The number of nitrogens with one attached hydrogen (secondary N) is 1. The molecule has 0 spiro atoms. The van der Waals surface area contributed by atoms with E-state index >= 15 is 0 Å². The Kier molecular flexibility index (Phi) is 2.88. The molecule has 3 aromatic heterocycles. The second-order valence-corrected chi connectivity index (χ2v) is 4.22. The molecule has 0 radical (unpaired) electrons. The fraction of sp³-hybridized carbons (Fsp3) is 0.0909. The molecular formula is C11H10ClN7. The predicted octanol–water partition coefficient (Wildman–Crippen LogP) is 1.37. The van der Waals surface area contributed by atoms with E-state index in [0.717, 1.165) is 11.5 Å². The third-order valence-corrected chi connectivity index (χ3v) is 2.72. The molecule has 0 aliphatic heterocycles. The van der Waals surface area contributed by atoms with Crippen LogP contribution in [-0.2, 0) is 6.54 Å². The number of rotatable bonds is 3. The van der Waals surface area contributed by atoms with Crippen molar-refractivity contribution in [2.75, 3.05) is 11.1 Å². The monoisotopic (exact) mass is 275 g/mol. The second-order valence-electron chi connectivity index (χ2n) is 3.83. The van der Waals surface area contributed by atoms with E-state index in [1.165, 1.54) is 0 Å². The minimum Gasteiger partial charge on any atom is -0.368 e. The van der Waals surface area contributed by atoms with E-state index in [1.54, 1.807) is 6.07 Å². The summed E-state index contributed by atoms with van der Waals surface area (Å²) in [6, 6.07) is 7.31. The third kappa shape index (κ3) is 2.41. The molecule has 3 heterocycles. The van der Waals surface area contributed by atoms with Crippen molar-refractivity contribution in [1.82, 2.24) is 24.6 Å². The first-order chi connectivity index (χ1) is 9.22. The summed E-state index contributed by atoms with van der Waals surface area (Å²) in [7, 11) is 0. The van der Waals surface area contributed by atoms with Crippen molar-refractivity contribution in [3.05, 3.63) is 41.4 Å². The Morgan fingerprint density at radius 2 is 2.16 bits per heavy atom. The molecule has 0 fully saturated rings. The van der Waals surface area contributed by atoms with Gasteiger partial charge in [-0.15, -0.1) is 10.2 Å². The maximum absolute atomic E-state index is 5.80. The Balaban J connectivity index is 1.82. The van der Waals surface area contributed by atoms with E-state index in [2.05, 4.69) is 25.5 Å². The lowest BCUT2D eigenvalue weighted by atomic mass is 10.4. The van der Waals surface area contributed by atoms with Gasteiger partial charge in [0.15, 0.2) is 11.5 Å². The summed E-state index contributed by atoms with van der Waals surface area (Å²) in [6.07, 6.45) is 1.90. The predicted molar refractivity (Wildman–Crippen MR) is 71.8 cm³/mol. The quantitative estimate of drug-likeness (QED) is 0.701. The van der Waals surface area contributed by atoms with Crippen molar-refractivity contribution in [3.8, 4) is 0 Å². The molecule has 0 bridgehead atoms. The first-order valence-electron chi connectivity index (χ1n) is 5.55. The molecule has 7 nitrogen and oxygen atoms in total. The number of fused-ring (bicyclic) bond motifs is 1. The van der Waals surface area contributed by atoms with Gasteiger partial charge in [0, 0.05) is 12.3 Å². The van der Waals surface area contributed by atoms with E-state index in [4.69, 9.17) is 17.3 Å². The van der Waals surface area contributed by atoms with Crippen molar-refractivity contribution in [1.29, 1.82) is 0 Å². The lowest BCUT2D eigenvalue weighted by molar-refractivity contribution is 0.911. The van der Waals surface area contributed by atoms with Crippen molar-refractivity contribution in [2.45, 2.75) is 6.54 Å². The molecule has 0 unspecified atom stereocenters. The number of halogens is 1. The number of aromatic nitrogens is 5. The van der Waals surface area contributed by atoms with Gasteiger partial charge in [0.1, 0.15) is 11.0 Å². The van der Waals surface area contributed by atoms with Crippen LogP contribution in [-0.4, -0.2) is 24.6 Å². The number of nitrogens with two attached hydrogens (primary N) is 1. The smallest absolute Gasteiger partial charge is 0.223 e. The van der Waals surface area contributed by atoms with Gasteiger partial charge in [-0.3, -0.25) is 4.40 Å². The Morgan fingerprint density at radius 1 is 1.26 bits per heavy atom. The summed E-state index contributed by atoms with van der Waals surface area (Å²) in [5, 5.41) is 11.5. The highest BCUT2D eigenvalue weighted by Gasteiger charge is 2.05. The number of anilines is 2. The first kappa shape index (κ1) is 11.7. The zero-order chi connectivity index (χ0) is 13.2. The SMILES string of the molecule is Nc1nc(Cl)cc(NCc2nnc3ccccn23)n1. The van der Waals surface area contributed by atoms with Crippen molar-refractivity contribution in [2.24, 2.45) is 0 Å². The second kappa shape index (κ2) is 4.69. The van der Waals surface area contributed by atoms with Gasteiger partial charge in [-0.05, 0) is 12.1 Å². The van der Waals surface area contributed by atoms with Gasteiger partial charge in [0.2, 0.25) is 5.95 Å². The highest BCUT2D eigenvalue weighted by Crippen LogP contribution is 2.13. The number of nitrogen functional groups attached to an aromatic ring is 1. The van der Waals surface area contributed by atoms with E-state index < -0.39 is 0 Å². The summed E-state index contributed by atoms with van der Waals surface area (Å²) >= 11 is 5.80. The van der Waals surface area contributed by atoms with E-state index in [9.17, 15) is 0 Å². The molecule has 0 amide bonds. The molecular weight excluding hydrogens is 266 g/mol. The fourth-order valence-corrected chi connectivity index (χ4v) is 1.90. The number of hydrogen-bond donors (Lipinski definition) is 2. The maximum atomic E-state index is 5.80. The van der Waals surface area contributed by atoms with Crippen LogP contribution in [0.25, 0.3) is 5.65 Å². The van der Waals surface area contributed by atoms with Gasteiger partial charge < -0.3 is 11.1 Å². The van der Waals surface area contributed by atoms with Crippen LogP contribution in [0.5, 0.6) is 0 Å². The highest BCUT2D eigenvalue weighted by molar-refractivity contribution is 6.29. The minimum atomic E-state index is 0.126. The van der Waals surface area contributed by atoms with Gasteiger partial charge >= 0.3 is 0 Å². The van der Waals surface area contributed by atoms with Crippen molar-refractivity contribution >= 4 is 29.0 Å². The summed E-state index contributed by atoms with van der Waals surface area (Å²) in [6.45, 7) is 0.456. The van der Waals surface area contributed by atoms with Crippen LogP contribution >= 0.6 is 11.6 Å². The molecule has 0 atom stereocenters. The van der Waals surface area contributed by atoms with E-state index in [1.807, 2.05) is 28.8 Å². The molecule has 0 saturated carbocycles. The van der Waals surface area contributed by atoms with Gasteiger partial charge in [-0.25, -0.2) is 4.98 Å². The van der Waals surface area contributed by atoms with Crippen LogP contribution in [0.3, 0.4) is 0 Å². The highest BCUT2D eigenvalue weighted by atomic mass is 35.5. The van der Waals surface area contributed by atoms with Gasteiger partial charge in [-0.2, -0.15) is 4.98 Å². The largest absolute Gasteiger partial charge is 0.368 e. The molecule has 8 heteroatoms. The van der Waals surface area contributed by atoms with Crippen LogP contribution in [0, 0.1) is 0 Å². The van der Waals surface area contributed by atoms with Crippen LogP contribution in [0.15, 0.2) is 30.5 Å². The normalized spacial score (nSPS) is 10.8. The van der Waals surface area contributed by atoms with Crippen LogP contribution < -0.4 is 11.1 Å². The molecule has 19 heavy (non-hydrogen) atoms. The van der Waals surface area contributed by atoms with Crippen molar-refractivity contribution in [3.63, 3.8) is 0 Å². The average Bonchev–Trinajstić information content (AvgIpc) is 2.78. The van der Waals surface area contributed by atoms with Gasteiger partial charge in [0.25, 0.3) is 0 Å². The molecule has 0 aliphatic rings. The molecule has 3 rings (SSSR count). The zero-order valence-electron chi connectivity index (χ0n) is 9.79. The lowest BCUT2D eigenvalue weighted by Crippen LogP contribution is -2.07. The van der Waals surface area contributed by atoms with Crippen LogP contribution in [0.4, 0.5) is 11.8 Å². The zero-order valence-corrected chi connectivity index (χ0v) is 10.5. The fourth-order valence-electron chi connectivity index (χ4n) is 1.71. The number of hydrogen-bond acceptors (Lipinski definition) is 6. The maximum Gasteiger partial charge on any atom is 0.223 e. The summed E-state index contributed by atoms with van der Waals surface area (Å²) in [5.74, 6) is 1.44. The molecule has 0 aliphatic carbocycles. The Bertz CT molecular complexity index is 704. The Hall–Kier alpha value is -2.41. The van der Waals surface area contributed by atoms with E-state index in [-0.39, 0.29) is 5.95 Å². The topological polar surface area (TPSA) is 94.0 Å². The number of nitrogens with zero attached hydrogens (tertiary/aromatic N) is 5. The molecule has 0 aromatic carbocycles.